The fourth-order valence-electron chi connectivity index (χ4n) is 2.20. The molecule has 2 N–H and O–H groups in total. The van der Waals surface area contributed by atoms with E-state index in [-0.39, 0.29) is 30.3 Å². The van der Waals surface area contributed by atoms with Gasteiger partial charge in [0.25, 0.3) is 0 Å². The average Bonchev–Trinajstić information content (AvgIpc) is 2.43. The lowest BCUT2D eigenvalue weighted by atomic mass is 10.1. The van der Waals surface area contributed by atoms with E-state index in [1.54, 1.807) is 19.1 Å². The third-order valence-electron chi connectivity index (χ3n) is 3.48. The van der Waals surface area contributed by atoms with Crippen molar-refractivity contribution in [3.63, 3.8) is 0 Å². The largest absolute Gasteiger partial charge is 0.398 e. The smallest absolute Gasteiger partial charge is 0.245 e. The zero-order valence-electron chi connectivity index (χ0n) is 11.5. The van der Waals surface area contributed by atoms with Crippen molar-refractivity contribution in [1.82, 2.24) is 4.31 Å². The minimum absolute atomic E-state index is 0.0334. The number of nitrogens with two attached hydrogens (primary N) is 1. The second kappa shape index (κ2) is 5.40. The van der Waals surface area contributed by atoms with Crippen LogP contribution in [0.15, 0.2) is 17.0 Å². The Morgan fingerprint density at radius 2 is 2.15 bits per heavy atom. The van der Waals surface area contributed by atoms with Gasteiger partial charge in [-0.25, -0.2) is 8.42 Å². The maximum Gasteiger partial charge on any atom is 0.245 e. The summed E-state index contributed by atoms with van der Waals surface area (Å²) in [6, 6.07) is 5.33. The molecular weight excluding hydrogens is 278 g/mol. The molecule has 1 aliphatic rings. The molecule has 1 aromatic rings. The maximum atomic E-state index is 12.7. The molecule has 20 heavy (non-hydrogen) atoms. The first kappa shape index (κ1) is 14.8. The van der Waals surface area contributed by atoms with E-state index in [1.165, 1.54) is 4.31 Å². The first-order valence-electron chi connectivity index (χ1n) is 6.25. The Morgan fingerprint density at radius 3 is 2.80 bits per heavy atom. The number of anilines is 1. The third-order valence-corrected chi connectivity index (χ3v) is 5.55. The standard InChI is InChI=1S/C13H17N3O3S/c1-9-3-4-12(15)13(10(9)2)20(17,18)16-5-6-19-11(7-14)8-16/h3-4,11H,5-6,8,15H2,1-2H3. The molecule has 0 bridgehead atoms. The molecule has 1 aliphatic heterocycles. The Hall–Kier alpha value is -1.62. The molecule has 2 rings (SSSR count). The molecule has 1 atom stereocenters. The fourth-order valence-corrected chi connectivity index (χ4v) is 4.02. The van der Waals surface area contributed by atoms with Crippen molar-refractivity contribution in [1.29, 1.82) is 5.26 Å². The number of rotatable bonds is 2. The van der Waals surface area contributed by atoms with Gasteiger partial charge in [0.15, 0.2) is 6.10 Å². The summed E-state index contributed by atoms with van der Waals surface area (Å²) in [6.07, 6.45) is -0.732. The number of nitriles is 1. The Kier molecular flexibility index (Phi) is 3.99. The SMILES string of the molecule is Cc1ccc(N)c(S(=O)(=O)N2CCOC(C#N)C2)c1C. The Bertz CT molecular complexity index is 664. The molecule has 1 aromatic carbocycles. The lowest BCUT2D eigenvalue weighted by molar-refractivity contribution is 0.0311. The van der Waals surface area contributed by atoms with Crippen LogP contribution < -0.4 is 5.73 Å². The van der Waals surface area contributed by atoms with Gasteiger partial charge in [0.05, 0.1) is 24.9 Å². The highest BCUT2D eigenvalue weighted by Crippen LogP contribution is 2.29. The highest BCUT2D eigenvalue weighted by Gasteiger charge is 2.33. The molecule has 108 valence electrons. The summed E-state index contributed by atoms with van der Waals surface area (Å²) in [7, 11) is -3.71. The van der Waals surface area contributed by atoms with Crippen LogP contribution in [0.5, 0.6) is 0 Å². The van der Waals surface area contributed by atoms with Crippen LogP contribution in [0.4, 0.5) is 5.69 Å². The van der Waals surface area contributed by atoms with E-state index in [9.17, 15) is 8.42 Å². The minimum atomic E-state index is -3.71. The van der Waals surface area contributed by atoms with Gasteiger partial charge in [-0.1, -0.05) is 6.07 Å². The third kappa shape index (κ3) is 2.50. The number of hydrogen-bond acceptors (Lipinski definition) is 5. The number of nitrogen functional groups attached to an aromatic ring is 1. The predicted octanol–water partition coefficient (Wildman–Crippen LogP) is 0.799. The van der Waals surface area contributed by atoms with Crippen LogP contribution in [-0.2, 0) is 14.8 Å². The van der Waals surface area contributed by atoms with Crippen LogP contribution in [0.25, 0.3) is 0 Å². The first-order chi connectivity index (χ1) is 9.37. The van der Waals surface area contributed by atoms with Crippen molar-refractivity contribution in [3.8, 4) is 6.07 Å². The molecule has 0 aromatic heterocycles. The Labute approximate surface area is 118 Å². The summed E-state index contributed by atoms with van der Waals surface area (Å²) in [5, 5.41) is 8.88. The van der Waals surface area contributed by atoms with Gasteiger partial charge in [0.2, 0.25) is 10.0 Å². The van der Waals surface area contributed by atoms with Crippen molar-refractivity contribution < 1.29 is 13.2 Å². The zero-order valence-corrected chi connectivity index (χ0v) is 12.3. The second-order valence-electron chi connectivity index (χ2n) is 4.78. The van der Waals surface area contributed by atoms with Crippen LogP contribution >= 0.6 is 0 Å². The van der Waals surface area contributed by atoms with Crippen LogP contribution in [0.3, 0.4) is 0 Å². The van der Waals surface area contributed by atoms with Gasteiger partial charge in [-0.3, -0.25) is 0 Å². The second-order valence-corrected chi connectivity index (χ2v) is 6.65. The van der Waals surface area contributed by atoms with Crippen molar-refractivity contribution in [2.24, 2.45) is 0 Å². The summed E-state index contributed by atoms with van der Waals surface area (Å²) in [5.74, 6) is 0. The van der Waals surface area contributed by atoms with E-state index < -0.39 is 16.1 Å². The van der Waals surface area contributed by atoms with Gasteiger partial charge in [0, 0.05) is 6.54 Å². The molecule has 0 amide bonds. The summed E-state index contributed by atoms with van der Waals surface area (Å²) in [4.78, 5) is 0.135. The number of benzene rings is 1. The van der Waals surface area contributed by atoms with Crippen LogP contribution in [-0.4, -0.2) is 38.5 Å². The van der Waals surface area contributed by atoms with E-state index in [1.807, 2.05) is 13.0 Å². The lowest BCUT2D eigenvalue weighted by Crippen LogP contribution is -2.45. The van der Waals surface area contributed by atoms with Crippen LogP contribution in [0, 0.1) is 25.2 Å². The number of ether oxygens (including phenoxy) is 1. The molecule has 0 radical (unpaired) electrons. The summed E-state index contributed by atoms with van der Waals surface area (Å²) in [6.45, 7) is 4.05. The normalized spacial score (nSPS) is 20.6. The molecule has 7 heteroatoms. The summed E-state index contributed by atoms with van der Waals surface area (Å²) in [5.41, 5.74) is 7.59. The quantitative estimate of drug-likeness (QED) is 0.814. The fraction of sp³-hybridized carbons (Fsp3) is 0.462. The van der Waals surface area contributed by atoms with Crippen molar-refractivity contribution in [3.05, 3.63) is 23.3 Å². The van der Waals surface area contributed by atoms with Crippen molar-refractivity contribution >= 4 is 15.7 Å². The van der Waals surface area contributed by atoms with Gasteiger partial charge in [-0.15, -0.1) is 0 Å². The maximum absolute atomic E-state index is 12.7. The van der Waals surface area contributed by atoms with Gasteiger partial charge in [-0.05, 0) is 31.0 Å². The topological polar surface area (TPSA) is 96.4 Å². The molecule has 6 nitrogen and oxygen atoms in total. The van der Waals surface area contributed by atoms with Crippen molar-refractivity contribution in [2.75, 3.05) is 25.4 Å². The van der Waals surface area contributed by atoms with E-state index in [4.69, 9.17) is 15.7 Å². The number of nitrogens with zero attached hydrogens (tertiary/aromatic N) is 2. The number of aryl methyl sites for hydroxylation is 1. The van der Waals surface area contributed by atoms with Gasteiger partial charge in [0.1, 0.15) is 4.90 Å². The monoisotopic (exact) mass is 295 g/mol. The zero-order chi connectivity index (χ0) is 14.9. The van der Waals surface area contributed by atoms with Crippen LogP contribution in [0.2, 0.25) is 0 Å². The molecule has 1 saturated heterocycles. The molecule has 1 unspecified atom stereocenters. The van der Waals surface area contributed by atoms with E-state index >= 15 is 0 Å². The highest BCUT2D eigenvalue weighted by molar-refractivity contribution is 7.89. The van der Waals surface area contributed by atoms with Gasteiger partial charge in [-0.2, -0.15) is 9.57 Å². The lowest BCUT2D eigenvalue weighted by Gasteiger charge is -2.30. The Balaban J connectivity index is 2.46. The molecule has 0 saturated carbocycles. The average molecular weight is 295 g/mol. The number of sulfonamides is 1. The van der Waals surface area contributed by atoms with Gasteiger partial charge >= 0.3 is 0 Å². The molecule has 1 heterocycles. The Morgan fingerprint density at radius 1 is 1.45 bits per heavy atom. The van der Waals surface area contributed by atoms with Crippen molar-refractivity contribution in [2.45, 2.75) is 24.8 Å². The summed E-state index contributed by atoms with van der Waals surface area (Å²) >= 11 is 0. The highest BCUT2D eigenvalue weighted by atomic mass is 32.2. The molecule has 0 aliphatic carbocycles. The minimum Gasteiger partial charge on any atom is -0.398 e. The summed E-state index contributed by atoms with van der Waals surface area (Å²) < 4.78 is 31.9. The molecule has 0 spiro atoms. The predicted molar refractivity (Wildman–Crippen MR) is 74.4 cm³/mol. The van der Waals surface area contributed by atoms with E-state index in [0.717, 1.165) is 5.56 Å². The molecular formula is C13H17N3O3S. The van der Waals surface area contributed by atoms with Crippen LogP contribution in [0.1, 0.15) is 11.1 Å². The molecule has 1 fully saturated rings. The number of hydrogen-bond donors (Lipinski definition) is 1. The van der Waals surface area contributed by atoms with Gasteiger partial charge < -0.3 is 10.5 Å². The first-order valence-corrected chi connectivity index (χ1v) is 7.69. The van der Waals surface area contributed by atoms with E-state index in [0.29, 0.717) is 5.56 Å². The van der Waals surface area contributed by atoms with E-state index in [2.05, 4.69) is 0 Å². The number of morpholine rings is 1.